The van der Waals surface area contributed by atoms with Gasteiger partial charge in [0.15, 0.2) is 0 Å². The smallest absolute Gasteiger partial charge is 0.129 e. The highest BCUT2D eigenvalue weighted by Crippen LogP contribution is 2.20. The molecule has 112 valence electrons. The zero-order valence-electron chi connectivity index (χ0n) is 12.8. The van der Waals surface area contributed by atoms with Crippen LogP contribution in [0.2, 0.25) is 0 Å². The van der Waals surface area contributed by atoms with Gasteiger partial charge in [-0.3, -0.25) is 0 Å². The maximum atomic E-state index is 5.97. The Hall–Kier alpha value is -1.74. The van der Waals surface area contributed by atoms with E-state index >= 15 is 0 Å². The Morgan fingerprint density at radius 3 is 2.67 bits per heavy atom. The number of aryl methyl sites for hydroxylation is 1. The van der Waals surface area contributed by atoms with Gasteiger partial charge in [-0.1, -0.05) is 19.1 Å². The molecule has 0 fully saturated rings. The van der Waals surface area contributed by atoms with E-state index in [1.807, 2.05) is 31.3 Å². The first kappa shape index (κ1) is 15.6. The number of benzene rings is 1. The van der Waals surface area contributed by atoms with Crippen molar-refractivity contribution in [1.82, 2.24) is 4.98 Å². The molecule has 4 heteroatoms. The molecular weight excluding hydrogens is 284 g/mol. The lowest BCUT2D eigenvalue weighted by Gasteiger charge is -2.20. The molecule has 0 saturated carbocycles. The summed E-state index contributed by atoms with van der Waals surface area (Å²) in [6.45, 7) is 2.88. The van der Waals surface area contributed by atoms with Crippen molar-refractivity contribution in [2.75, 3.05) is 19.1 Å². The Balaban J connectivity index is 2.20. The molecule has 0 aliphatic carbocycles. The number of ether oxygens (including phenoxy) is 1. The molecule has 1 aromatic heterocycles. The average molecular weight is 305 g/mol. The second-order valence-corrected chi connectivity index (χ2v) is 5.29. The van der Waals surface area contributed by atoms with Gasteiger partial charge in [0.05, 0.1) is 7.11 Å². The number of hydrogen-bond acceptors (Lipinski definition) is 3. The molecule has 1 aromatic carbocycles. The summed E-state index contributed by atoms with van der Waals surface area (Å²) in [5, 5.41) is 0. The summed E-state index contributed by atoms with van der Waals surface area (Å²) in [5.41, 5.74) is 3.37. The third-order valence-electron chi connectivity index (χ3n) is 3.39. The summed E-state index contributed by atoms with van der Waals surface area (Å²) in [6.07, 6.45) is 0.907. The van der Waals surface area contributed by atoms with E-state index in [9.17, 15) is 0 Å². The highest BCUT2D eigenvalue weighted by atomic mass is 35.5. The van der Waals surface area contributed by atoms with E-state index < -0.39 is 0 Å². The lowest BCUT2D eigenvalue weighted by molar-refractivity contribution is 0.414. The summed E-state index contributed by atoms with van der Waals surface area (Å²) in [7, 11) is 3.72. The summed E-state index contributed by atoms with van der Waals surface area (Å²) < 4.78 is 5.26. The second kappa shape index (κ2) is 7.32. The van der Waals surface area contributed by atoms with Gasteiger partial charge in [0.25, 0.3) is 0 Å². The maximum Gasteiger partial charge on any atom is 0.129 e. The average Bonchev–Trinajstić information content (AvgIpc) is 2.54. The van der Waals surface area contributed by atoms with Gasteiger partial charge in [0.2, 0.25) is 0 Å². The van der Waals surface area contributed by atoms with Gasteiger partial charge in [-0.05, 0) is 41.8 Å². The molecule has 0 aliphatic heterocycles. The molecule has 0 amide bonds. The van der Waals surface area contributed by atoms with E-state index in [-0.39, 0.29) is 0 Å². The number of methoxy groups -OCH3 is 1. The minimum Gasteiger partial charge on any atom is -0.497 e. The third kappa shape index (κ3) is 4.11. The Morgan fingerprint density at radius 1 is 1.19 bits per heavy atom. The summed E-state index contributed by atoms with van der Waals surface area (Å²) in [6, 6.07) is 12.2. The van der Waals surface area contributed by atoms with E-state index in [2.05, 4.69) is 28.9 Å². The van der Waals surface area contributed by atoms with Crippen molar-refractivity contribution in [2.45, 2.75) is 25.8 Å². The normalized spacial score (nSPS) is 10.5. The quantitative estimate of drug-likeness (QED) is 0.754. The van der Waals surface area contributed by atoms with Gasteiger partial charge >= 0.3 is 0 Å². The lowest BCUT2D eigenvalue weighted by atomic mass is 10.2. The van der Waals surface area contributed by atoms with Crippen molar-refractivity contribution < 1.29 is 4.74 Å². The summed E-state index contributed by atoms with van der Waals surface area (Å²) in [4.78, 5) is 6.80. The van der Waals surface area contributed by atoms with E-state index in [4.69, 9.17) is 16.3 Å². The van der Waals surface area contributed by atoms with Crippen LogP contribution in [-0.4, -0.2) is 19.1 Å². The Bertz CT molecular complexity index is 579. The van der Waals surface area contributed by atoms with Crippen LogP contribution in [0.3, 0.4) is 0 Å². The minimum absolute atomic E-state index is 0.509. The Kier molecular flexibility index (Phi) is 5.45. The Labute approximate surface area is 131 Å². The zero-order valence-corrected chi connectivity index (χ0v) is 13.5. The van der Waals surface area contributed by atoms with E-state index in [0.29, 0.717) is 5.88 Å². The molecule has 0 aliphatic rings. The van der Waals surface area contributed by atoms with Crippen LogP contribution in [0.25, 0.3) is 0 Å². The van der Waals surface area contributed by atoms with Crippen LogP contribution in [0.5, 0.6) is 5.75 Å². The number of rotatable bonds is 6. The molecule has 0 atom stereocenters. The van der Waals surface area contributed by atoms with Crippen LogP contribution in [0, 0.1) is 0 Å². The molecule has 0 bridgehead atoms. The maximum absolute atomic E-state index is 5.97. The zero-order chi connectivity index (χ0) is 15.2. The van der Waals surface area contributed by atoms with Crippen LogP contribution in [0.4, 0.5) is 5.82 Å². The standard InChI is InChI=1S/C17H21ClN2O/c1-4-15-8-14(11-18)10-17(19-15)20(2)12-13-6-5-7-16(9-13)21-3/h5-10H,4,11-12H2,1-3H3. The fourth-order valence-corrected chi connectivity index (χ4v) is 2.37. The summed E-state index contributed by atoms with van der Waals surface area (Å²) in [5.74, 6) is 2.33. The molecule has 0 N–H and O–H groups in total. The molecule has 2 aromatic rings. The van der Waals surface area contributed by atoms with Crippen molar-refractivity contribution in [1.29, 1.82) is 0 Å². The van der Waals surface area contributed by atoms with Gasteiger partial charge in [-0.15, -0.1) is 11.6 Å². The second-order valence-electron chi connectivity index (χ2n) is 5.02. The SMILES string of the molecule is CCc1cc(CCl)cc(N(C)Cc2cccc(OC)c2)n1. The predicted molar refractivity (Wildman–Crippen MR) is 88.3 cm³/mol. The monoisotopic (exact) mass is 304 g/mol. The van der Waals surface area contributed by atoms with Crippen molar-refractivity contribution >= 4 is 17.4 Å². The molecule has 1 heterocycles. The first-order valence-corrected chi connectivity index (χ1v) is 7.59. The van der Waals surface area contributed by atoms with Crippen molar-refractivity contribution in [3.8, 4) is 5.75 Å². The first-order valence-electron chi connectivity index (χ1n) is 7.06. The number of halogens is 1. The minimum atomic E-state index is 0.509. The molecule has 0 saturated heterocycles. The number of hydrogen-bond donors (Lipinski definition) is 0. The van der Waals surface area contributed by atoms with E-state index in [1.165, 1.54) is 5.56 Å². The number of aromatic nitrogens is 1. The highest BCUT2D eigenvalue weighted by Gasteiger charge is 2.07. The van der Waals surface area contributed by atoms with Gasteiger partial charge in [0.1, 0.15) is 11.6 Å². The fraction of sp³-hybridized carbons (Fsp3) is 0.353. The van der Waals surface area contributed by atoms with Crippen LogP contribution in [0.1, 0.15) is 23.7 Å². The molecule has 21 heavy (non-hydrogen) atoms. The van der Waals surface area contributed by atoms with Gasteiger partial charge in [0, 0.05) is 25.2 Å². The number of alkyl halides is 1. The Morgan fingerprint density at radius 2 is 2.00 bits per heavy atom. The molecular formula is C17H21ClN2O. The van der Waals surface area contributed by atoms with Crippen LogP contribution >= 0.6 is 11.6 Å². The van der Waals surface area contributed by atoms with Crippen molar-refractivity contribution in [3.63, 3.8) is 0 Å². The predicted octanol–water partition coefficient (Wildman–Crippen LogP) is 4.03. The largest absolute Gasteiger partial charge is 0.497 e. The summed E-state index contributed by atoms with van der Waals surface area (Å²) >= 11 is 5.97. The molecule has 0 radical (unpaired) electrons. The van der Waals surface area contributed by atoms with Gasteiger partial charge in [-0.25, -0.2) is 4.98 Å². The highest BCUT2D eigenvalue weighted by molar-refractivity contribution is 6.17. The van der Waals surface area contributed by atoms with Gasteiger partial charge < -0.3 is 9.64 Å². The van der Waals surface area contributed by atoms with Crippen LogP contribution < -0.4 is 9.64 Å². The van der Waals surface area contributed by atoms with Crippen molar-refractivity contribution in [3.05, 3.63) is 53.2 Å². The lowest BCUT2D eigenvalue weighted by Crippen LogP contribution is -2.18. The topological polar surface area (TPSA) is 25.4 Å². The van der Waals surface area contributed by atoms with Crippen LogP contribution in [0.15, 0.2) is 36.4 Å². The van der Waals surface area contributed by atoms with Crippen LogP contribution in [-0.2, 0) is 18.8 Å². The van der Waals surface area contributed by atoms with Gasteiger partial charge in [-0.2, -0.15) is 0 Å². The first-order chi connectivity index (χ1) is 10.2. The molecule has 0 spiro atoms. The van der Waals surface area contributed by atoms with E-state index in [1.54, 1.807) is 7.11 Å². The van der Waals surface area contributed by atoms with E-state index in [0.717, 1.165) is 35.8 Å². The molecule has 3 nitrogen and oxygen atoms in total. The molecule has 2 rings (SSSR count). The number of nitrogens with zero attached hydrogens (tertiary/aromatic N) is 2. The fourth-order valence-electron chi connectivity index (χ4n) is 2.21. The number of anilines is 1. The van der Waals surface area contributed by atoms with Crippen molar-refractivity contribution in [2.24, 2.45) is 0 Å². The third-order valence-corrected chi connectivity index (χ3v) is 3.69. The molecule has 0 unspecified atom stereocenters. The number of pyridine rings is 1.